The molecule has 1 aromatic carbocycles. The van der Waals surface area contributed by atoms with Gasteiger partial charge in [-0.3, -0.25) is 4.79 Å². The van der Waals surface area contributed by atoms with Gasteiger partial charge in [0.2, 0.25) is 0 Å². The Balaban J connectivity index is 2.74. The number of halogens is 1. The van der Waals surface area contributed by atoms with Crippen LogP contribution in [0.2, 0.25) is 0 Å². The highest BCUT2D eigenvalue weighted by Gasteiger charge is 2.08. The predicted octanol–water partition coefficient (Wildman–Crippen LogP) is 3.12. The van der Waals surface area contributed by atoms with Gasteiger partial charge in [-0.2, -0.15) is 0 Å². The van der Waals surface area contributed by atoms with Crippen molar-refractivity contribution in [2.24, 2.45) is 0 Å². The Hall–Kier alpha value is -0.870. The fourth-order valence-corrected chi connectivity index (χ4v) is 2.28. The van der Waals surface area contributed by atoms with E-state index in [1.54, 1.807) is 14.0 Å². The molecule has 3 nitrogen and oxygen atoms in total. The van der Waals surface area contributed by atoms with Crippen LogP contribution in [0.4, 0.5) is 5.69 Å². The Labute approximate surface area is 111 Å². The molecule has 0 aromatic heterocycles. The molecule has 0 unspecified atom stereocenters. The van der Waals surface area contributed by atoms with E-state index < -0.39 is 0 Å². The first kappa shape index (κ1) is 14.2. The van der Waals surface area contributed by atoms with E-state index in [2.05, 4.69) is 20.8 Å². The molecule has 0 bridgehead atoms. The van der Waals surface area contributed by atoms with Crippen LogP contribution in [0.25, 0.3) is 0 Å². The molecule has 17 heavy (non-hydrogen) atoms. The van der Waals surface area contributed by atoms with Gasteiger partial charge in [-0.1, -0.05) is 0 Å². The number of hydrogen-bond donors (Lipinski definition) is 0. The van der Waals surface area contributed by atoms with Crippen molar-refractivity contribution in [3.05, 3.63) is 28.2 Å². The standard InChI is InChI=1S/C13H18BrNO2/c1-10(16)11-5-6-13(12(14)9-11)15(2)7-4-8-17-3/h5-6,9H,4,7-8H2,1-3H3. The zero-order valence-corrected chi connectivity index (χ0v) is 12.1. The summed E-state index contributed by atoms with van der Waals surface area (Å²) in [4.78, 5) is 13.4. The molecule has 0 spiro atoms. The third-order valence-electron chi connectivity index (χ3n) is 2.61. The zero-order chi connectivity index (χ0) is 12.8. The number of carbonyl (C=O) groups is 1. The quantitative estimate of drug-likeness (QED) is 0.597. The molecular formula is C13H18BrNO2. The van der Waals surface area contributed by atoms with Gasteiger partial charge in [-0.15, -0.1) is 0 Å². The van der Waals surface area contributed by atoms with Gasteiger partial charge in [0.25, 0.3) is 0 Å². The Kier molecular flexibility index (Phi) is 5.65. The van der Waals surface area contributed by atoms with Crippen molar-refractivity contribution in [3.8, 4) is 0 Å². The summed E-state index contributed by atoms with van der Waals surface area (Å²) in [5, 5.41) is 0. The highest BCUT2D eigenvalue weighted by atomic mass is 79.9. The highest BCUT2D eigenvalue weighted by Crippen LogP contribution is 2.26. The maximum Gasteiger partial charge on any atom is 0.159 e. The normalized spacial score (nSPS) is 10.4. The fourth-order valence-electron chi connectivity index (χ4n) is 1.60. The SMILES string of the molecule is COCCCN(C)c1ccc(C(C)=O)cc1Br. The van der Waals surface area contributed by atoms with Gasteiger partial charge in [-0.05, 0) is 47.5 Å². The molecule has 0 aliphatic carbocycles. The van der Waals surface area contributed by atoms with Gasteiger partial charge in [-0.25, -0.2) is 0 Å². The van der Waals surface area contributed by atoms with E-state index in [0.29, 0.717) is 0 Å². The molecule has 0 aliphatic rings. The lowest BCUT2D eigenvalue weighted by molar-refractivity contribution is 0.101. The second-order valence-corrected chi connectivity index (χ2v) is 4.84. The molecule has 0 saturated carbocycles. The maximum absolute atomic E-state index is 11.2. The number of carbonyl (C=O) groups excluding carboxylic acids is 1. The summed E-state index contributed by atoms with van der Waals surface area (Å²) in [6.45, 7) is 3.25. The summed E-state index contributed by atoms with van der Waals surface area (Å²) in [5.41, 5.74) is 1.82. The van der Waals surface area contributed by atoms with Crippen molar-refractivity contribution in [1.82, 2.24) is 0 Å². The zero-order valence-electron chi connectivity index (χ0n) is 10.5. The highest BCUT2D eigenvalue weighted by molar-refractivity contribution is 9.10. The minimum atomic E-state index is 0.0827. The largest absolute Gasteiger partial charge is 0.385 e. The molecular weight excluding hydrogens is 282 g/mol. The van der Waals surface area contributed by atoms with E-state index in [9.17, 15) is 4.79 Å². The van der Waals surface area contributed by atoms with Crippen LogP contribution in [0.1, 0.15) is 23.7 Å². The van der Waals surface area contributed by atoms with Crippen LogP contribution in [0.3, 0.4) is 0 Å². The number of rotatable bonds is 6. The molecule has 0 aliphatic heterocycles. The number of ketones is 1. The van der Waals surface area contributed by atoms with Gasteiger partial charge in [0.15, 0.2) is 5.78 Å². The molecule has 4 heteroatoms. The van der Waals surface area contributed by atoms with E-state index in [-0.39, 0.29) is 5.78 Å². The first-order chi connectivity index (χ1) is 8.06. The van der Waals surface area contributed by atoms with Crippen LogP contribution in [-0.2, 0) is 4.74 Å². The smallest absolute Gasteiger partial charge is 0.159 e. The molecule has 0 radical (unpaired) electrons. The molecule has 0 fully saturated rings. The van der Waals surface area contributed by atoms with E-state index in [4.69, 9.17) is 4.74 Å². The molecule has 0 heterocycles. The van der Waals surface area contributed by atoms with Gasteiger partial charge < -0.3 is 9.64 Å². The van der Waals surface area contributed by atoms with Crippen molar-refractivity contribution in [2.45, 2.75) is 13.3 Å². The van der Waals surface area contributed by atoms with Crippen LogP contribution < -0.4 is 4.90 Å². The van der Waals surface area contributed by atoms with Crippen LogP contribution in [0.15, 0.2) is 22.7 Å². The Morgan fingerprint density at radius 2 is 2.18 bits per heavy atom. The molecule has 94 valence electrons. The maximum atomic E-state index is 11.2. The van der Waals surface area contributed by atoms with Gasteiger partial charge in [0, 0.05) is 37.3 Å². The third-order valence-corrected chi connectivity index (χ3v) is 3.24. The number of Topliss-reactive ketones (excluding diaryl/α,β-unsaturated/α-hetero) is 1. The minimum absolute atomic E-state index is 0.0827. The van der Waals surface area contributed by atoms with Crippen molar-refractivity contribution in [1.29, 1.82) is 0 Å². The lowest BCUT2D eigenvalue weighted by Gasteiger charge is -2.20. The molecule has 0 N–H and O–H groups in total. The lowest BCUT2D eigenvalue weighted by atomic mass is 10.1. The summed E-state index contributed by atoms with van der Waals surface area (Å²) in [7, 11) is 3.74. The monoisotopic (exact) mass is 299 g/mol. The summed E-state index contributed by atoms with van der Waals surface area (Å²) in [5.74, 6) is 0.0827. The van der Waals surface area contributed by atoms with Crippen LogP contribution in [0.5, 0.6) is 0 Å². The molecule has 1 aromatic rings. The Morgan fingerprint density at radius 1 is 1.47 bits per heavy atom. The Bertz CT molecular complexity index is 393. The minimum Gasteiger partial charge on any atom is -0.385 e. The fraction of sp³-hybridized carbons (Fsp3) is 0.462. The summed E-state index contributed by atoms with van der Waals surface area (Å²) >= 11 is 3.50. The lowest BCUT2D eigenvalue weighted by Crippen LogP contribution is -2.20. The van der Waals surface area contributed by atoms with Crippen molar-refractivity contribution < 1.29 is 9.53 Å². The van der Waals surface area contributed by atoms with E-state index in [1.165, 1.54) is 0 Å². The molecule has 0 amide bonds. The second kappa shape index (κ2) is 6.77. The van der Waals surface area contributed by atoms with Crippen LogP contribution in [0, 0.1) is 0 Å². The van der Waals surface area contributed by atoms with E-state index >= 15 is 0 Å². The predicted molar refractivity (Wildman–Crippen MR) is 73.9 cm³/mol. The molecule has 0 atom stereocenters. The first-order valence-electron chi connectivity index (χ1n) is 5.57. The van der Waals surface area contributed by atoms with Crippen LogP contribution in [-0.4, -0.2) is 33.1 Å². The topological polar surface area (TPSA) is 29.5 Å². The summed E-state index contributed by atoms with van der Waals surface area (Å²) < 4.78 is 5.98. The molecule has 0 saturated heterocycles. The number of methoxy groups -OCH3 is 1. The van der Waals surface area contributed by atoms with Crippen molar-refractivity contribution in [3.63, 3.8) is 0 Å². The number of nitrogens with zero attached hydrogens (tertiary/aromatic N) is 1. The van der Waals surface area contributed by atoms with Crippen molar-refractivity contribution in [2.75, 3.05) is 32.2 Å². The van der Waals surface area contributed by atoms with Gasteiger partial charge in [0.05, 0.1) is 5.69 Å². The average molecular weight is 300 g/mol. The average Bonchev–Trinajstić information content (AvgIpc) is 2.28. The summed E-state index contributed by atoms with van der Waals surface area (Å²) in [6, 6.07) is 5.69. The van der Waals surface area contributed by atoms with Crippen molar-refractivity contribution >= 4 is 27.4 Å². The van der Waals surface area contributed by atoms with E-state index in [0.717, 1.165) is 35.3 Å². The van der Waals surface area contributed by atoms with Crippen LogP contribution >= 0.6 is 15.9 Å². The first-order valence-corrected chi connectivity index (χ1v) is 6.36. The number of benzene rings is 1. The number of hydrogen-bond acceptors (Lipinski definition) is 3. The van der Waals surface area contributed by atoms with Gasteiger partial charge >= 0.3 is 0 Å². The summed E-state index contributed by atoms with van der Waals surface area (Å²) in [6.07, 6.45) is 0.980. The number of anilines is 1. The van der Waals surface area contributed by atoms with Gasteiger partial charge in [0.1, 0.15) is 0 Å². The third kappa shape index (κ3) is 4.13. The molecule has 1 rings (SSSR count). The number of ether oxygens (including phenoxy) is 1. The Morgan fingerprint density at radius 3 is 2.71 bits per heavy atom. The van der Waals surface area contributed by atoms with E-state index in [1.807, 2.05) is 25.2 Å². The second-order valence-electron chi connectivity index (χ2n) is 3.99.